The van der Waals surface area contributed by atoms with E-state index >= 15 is 0 Å². The fourth-order valence-corrected chi connectivity index (χ4v) is 1.61. The van der Waals surface area contributed by atoms with Gasteiger partial charge in [-0.3, -0.25) is 0 Å². The van der Waals surface area contributed by atoms with E-state index in [4.69, 9.17) is 16.9 Å². The third kappa shape index (κ3) is 3.19. The average molecular weight is 259 g/mol. The Kier molecular flexibility index (Phi) is 3.75. The molecule has 4 nitrogen and oxygen atoms in total. The van der Waals surface area contributed by atoms with E-state index in [2.05, 4.69) is 15.3 Å². The van der Waals surface area contributed by atoms with E-state index in [0.717, 1.165) is 11.3 Å². The molecule has 5 heteroatoms. The van der Waals surface area contributed by atoms with Crippen molar-refractivity contribution >= 4 is 17.5 Å². The molecule has 0 unspecified atom stereocenters. The van der Waals surface area contributed by atoms with Crippen LogP contribution in [0.4, 0.5) is 5.95 Å². The zero-order valence-electron chi connectivity index (χ0n) is 9.81. The highest BCUT2D eigenvalue weighted by Gasteiger charge is 2.01. The number of aryl methyl sites for hydroxylation is 1. The highest BCUT2D eigenvalue weighted by atomic mass is 35.5. The summed E-state index contributed by atoms with van der Waals surface area (Å²) in [7, 11) is 0. The fraction of sp³-hybridized carbons (Fsp3) is 0.154. The fourth-order valence-electron chi connectivity index (χ4n) is 1.49. The summed E-state index contributed by atoms with van der Waals surface area (Å²) >= 11 is 5.81. The molecule has 0 saturated heterocycles. The van der Waals surface area contributed by atoms with Crippen LogP contribution in [0.1, 0.15) is 17.0 Å². The van der Waals surface area contributed by atoms with Crippen LogP contribution >= 0.6 is 11.6 Å². The summed E-state index contributed by atoms with van der Waals surface area (Å²) < 4.78 is 0. The van der Waals surface area contributed by atoms with E-state index in [0.29, 0.717) is 23.2 Å². The number of hydrogen-bond acceptors (Lipinski definition) is 4. The van der Waals surface area contributed by atoms with Gasteiger partial charge in [-0.1, -0.05) is 23.7 Å². The second-order valence-electron chi connectivity index (χ2n) is 3.81. The Morgan fingerprint density at radius 2 is 2.00 bits per heavy atom. The van der Waals surface area contributed by atoms with Gasteiger partial charge in [0.15, 0.2) is 0 Å². The highest BCUT2D eigenvalue weighted by Crippen LogP contribution is 2.11. The van der Waals surface area contributed by atoms with Crippen LogP contribution in [0, 0.1) is 18.3 Å². The summed E-state index contributed by atoms with van der Waals surface area (Å²) in [6.07, 6.45) is 0. The number of benzene rings is 1. The predicted octanol–water partition coefficient (Wildman–Crippen LogP) is 2.92. The highest BCUT2D eigenvalue weighted by molar-refractivity contribution is 6.30. The van der Waals surface area contributed by atoms with Crippen molar-refractivity contribution in [1.29, 1.82) is 5.26 Å². The minimum absolute atomic E-state index is 0.362. The molecule has 1 aromatic carbocycles. The van der Waals surface area contributed by atoms with Gasteiger partial charge < -0.3 is 5.32 Å². The van der Waals surface area contributed by atoms with Gasteiger partial charge in [0.2, 0.25) is 5.95 Å². The van der Waals surface area contributed by atoms with E-state index in [1.165, 1.54) is 0 Å². The molecule has 0 aliphatic carbocycles. The number of rotatable bonds is 3. The maximum Gasteiger partial charge on any atom is 0.224 e. The lowest BCUT2D eigenvalue weighted by Gasteiger charge is -2.06. The first-order valence-electron chi connectivity index (χ1n) is 5.41. The van der Waals surface area contributed by atoms with Gasteiger partial charge in [-0.25, -0.2) is 9.97 Å². The van der Waals surface area contributed by atoms with Crippen LogP contribution in [0.3, 0.4) is 0 Å². The molecule has 2 aromatic rings. The molecule has 0 radical (unpaired) electrons. The molecular formula is C13H11ClN4. The first-order chi connectivity index (χ1) is 8.67. The van der Waals surface area contributed by atoms with Gasteiger partial charge in [0, 0.05) is 17.3 Å². The number of nitrogens with one attached hydrogen (secondary N) is 1. The van der Waals surface area contributed by atoms with Crippen molar-refractivity contribution in [3.05, 3.63) is 52.3 Å². The van der Waals surface area contributed by atoms with Gasteiger partial charge in [-0.2, -0.15) is 5.26 Å². The van der Waals surface area contributed by atoms with Crippen LogP contribution in [0.2, 0.25) is 5.02 Å². The molecule has 18 heavy (non-hydrogen) atoms. The minimum Gasteiger partial charge on any atom is -0.350 e. The molecular weight excluding hydrogens is 248 g/mol. The van der Waals surface area contributed by atoms with Crippen molar-refractivity contribution in [2.75, 3.05) is 5.32 Å². The molecule has 1 N–H and O–H groups in total. The minimum atomic E-state index is 0.362. The lowest BCUT2D eigenvalue weighted by Crippen LogP contribution is -2.05. The van der Waals surface area contributed by atoms with Crippen LogP contribution in [-0.2, 0) is 6.54 Å². The molecule has 0 bridgehead atoms. The Balaban J connectivity index is 2.08. The first kappa shape index (κ1) is 12.3. The quantitative estimate of drug-likeness (QED) is 0.920. The largest absolute Gasteiger partial charge is 0.350 e. The third-order valence-electron chi connectivity index (χ3n) is 2.33. The summed E-state index contributed by atoms with van der Waals surface area (Å²) in [5.41, 5.74) is 2.20. The summed E-state index contributed by atoms with van der Waals surface area (Å²) in [6.45, 7) is 2.42. The smallest absolute Gasteiger partial charge is 0.224 e. The monoisotopic (exact) mass is 258 g/mol. The first-order valence-corrected chi connectivity index (χ1v) is 5.79. The standard InChI is InChI=1S/C13H11ClN4/c1-9-6-12(7-15)18-13(17-9)16-8-10-2-4-11(14)5-3-10/h2-6H,8H2,1H3,(H,16,17,18). The zero-order chi connectivity index (χ0) is 13.0. The van der Waals surface area contributed by atoms with Crippen LogP contribution in [-0.4, -0.2) is 9.97 Å². The molecule has 0 spiro atoms. The molecule has 2 rings (SSSR count). The van der Waals surface area contributed by atoms with Crippen molar-refractivity contribution in [1.82, 2.24) is 9.97 Å². The van der Waals surface area contributed by atoms with Crippen LogP contribution in [0.15, 0.2) is 30.3 Å². The van der Waals surface area contributed by atoms with Crippen LogP contribution in [0.25, 0.3) is 0 Å². The topological polar surface area (TPSA) is 61.6 Å². The Hall–Kier alpha value is -2.12. The van der Waals surface area contributed by atoms with E-state index in [1.54, 1.807) is 6.07 Å². The van der Waals surface area contributed by atoms with Gasteiger partial charge in [0.25, 0.3) is 0 Å². The van der Waals surface area contributed by atoms with E-state index in [9.17, 15) is 0 Å². The molecule has 0 saturated carbocycles. The van der Waals surface area contributed by atoms with Gasteiger partial charge >= 0.3 is 0 Å². The lowest BCUT2D eigenvalue weighted by molar-refractivity contribution is 1.02. The van der Waals surface area contributed by atoms with E-state index < -0.39 is 0 Å². The molecule has 1 aromatic heterocycles. The number of nitrogens with zero attached hydrogens (tertiary/aromatic N) is 3. The van der Waals surface area contributed by atoms with Crippen LogP contribution < -0.4 is 5.32 Å². The number of nitriles is 1. The van der Waals surface area contributed by atoms with Crippen molar-refractivity contribution in [3.8, 4) is 6.07 Å². The van der Waals surface area contributed by atoms with Gasteiger partial charge in [-0.15, -0.1) is 0 Å². The van der Waals surface area contributed by atoms with Crippen molar-refractivity contribution in [2.45, 2.75) is 13.5 Å². The van der Waals surface area contributed by atoms with Crippen LogP contribution in [0.5, 0.6) is 0 Å². The maximum absolute atomic E-state index is 8.82. The van der Waals surface area contributed by atoms with E-state index in [1.807, 2.05) is 37.3 Å². The van der Waals surface area contributed by atoms with Crippen molar-refractivity contribution < 1.29 is 0 Å². The second kappa shape index (κ2) is 5.48. The predicted molar refractivity (Wildman–Crippen MR) is 70.3 cm³/mol. The van der Waals surface area contributed by atoms with Gasteiger partial charge in [0.05, 0.1) is 0 Å². The molecule has 0 aliphatic rings. The summed E-state index contributed by atoms with van der Waals surface area (Å²) in [4.78, 5) is 8.29. The molecule has 0 atom stereocenters. The average Bonchev–Trinajstić information content (AvgIpc) is 2.37. The van der Waals surface area contributed by atoms with Gasteiger partial charge in [0.1, 0.15) is 11.8 Å². The summed E-state index contributed by atoms with van der Waals surface area (Å²) in [5.74, 6) is 0.460. The molecule has 0 aliphatic heterocycles. The van der Waals surface area contributed by atoms with Gasteiger partial charge in [-0.05, 0) is 30.7 Å². The lowest BCUT2D eigenvalue weighted by atomic mass is 10.2. The maximum atomic E-state index is 8.82. The Bertz CT molecular complexity index is 587. The summed E-state index contributed by atoms with van der Waals surface area (Å²) in [5, 5.41) is 12.6. The second-order valence-corrected chi connectivity index (χ2v) is 4.25. The number of anilines is 1. The number of aromatic nitrogens is 2. The van der Waals surface area contributed by atoms with Crippen molar-refractivity contribution in [2.24, 2.45) is 0 Å². The third-order valence-corrected chi connectivity index (χ3v) is 2.58. The molecule has 90 valence electrons. The Morgan fingerprint density at radius 1 is 1.28 bits per heavy atom. The summed E-state index contributed by atoms with van der Waals surface area (Å²) in [6, 6.07) is 11.2. The molecule has 0 fully saturated rings. The molecule has 0 amide bonds. The Labute approximate surface area is 110 Å². The zero-order valence-corrected chi connectivity index (χ0v) is 10.6. The normalized spacial score (nSPS) is 9.83. The Morgan fingerprint density at radius 3 is 2.67 bits per heavy atom. The number of halogens is 1. The molecule has 1 heterocycles. The van der Waals surface area contributed by atoms with E-state index in [-0.39, 0.29) is 0 Å². The number of hydrogen-bond donors (Lipinski definition) is 1. The SMILES string of the molecule is Cc1cc(C#N)nc(NCc2ccc(Cl)cc2)n1. The van der Waals surface area contributed by atoms with Crippen molar-refractivity contribution in [3.63, 3.8) is 0 Å².